The minimum absolute atomic E-state index is 0.0719. The third kappa shape index (κ3) is 6.42. The van der Waals surface area contributed by atoms with Crippen LogP contribution in [0.4, 0.5) is 5.13 Å². The molecule has 9 nitrogen and oxygen atoms in total. The molecule has 0 bridgehead atoms. The zero-order chi connectivity index (χ0) is 22.9. The lowest BCUT2D eigenvalue weighted by atomic mass is 10.1. The standard InChI is InChI=1S/C22H24N4O5S/c1-30-17-6-3-14(11-18(17)31-2)9-10-23-19(27)8-5-16-13-32-22(25-16)26-21(29)15-4-7-20(28)24-12-15/h3-4,6-7,11-13H,5,8-10H2,1-2H3,(H,23,27)(H,24,28)(H,25,26,29). The molecule has 0 fully saturated rings. The summed E-state index contributed by atoms with van der Waals surface area (Å²) in [6.07, 6.45) is 2.78. The molecule has 0 saturated heterocycles. The molecule has 2 aromatic heterocycles. The number of aryl methyl sites for hydroxylation is 1. The van der Waals surface area contributed by atoms with Crippen molar-refractivity contribution in [3.63, 3.8) is 0 Å². The molecule has 1 aromatic carbocycles. The van der Waals surface area contributed by atoms with Crippen LogP contribution in [0.3, 0.4) is 0 Å². The van der Waals surface area contributed by atoms with Crippen molar-refractivity contribution in [1.29, 1.82) is 0 Å². The summed E-state index contributed by atoms with van der Waals surface area (Å²) in [5, 5.41) is 7.82. The third-order valence-electron chi connectivity index (χ3n) is 4.61. The quantitative estimate of drug-likeness (QED) is 0.431. The molecule has 32 heavy (non-hydrogen) atoms. The van der Waals surface area contributed by atoms with Gasteiger partial charge in [-0.25, -0.2) is 4.98 Å². The maximum atomic E-state index is 12.2. The lowest BCUT2D eigenvalue weighted by Crippen LogP contribution is -2.25. The number of hydrogen-bond donors (Lipinski definition) is 3. The normalized spacial score (nSPS) is 10.4. The topological polar surface area (TPSA) is 122 Å². The van der Waals surface area contributed by atoms with Crippen LogP contribution in [0.5, 0.6) is 11.5 Å². The first-order chi connectivity index (χ1) is 15.5. The number of aromatic nitrogens is 2. The number of nitrogens with one attached hydrogen (secondary N) is 3. The number of nitrogens with zero attached hydrogens (tertiary/aromatic N) is 1. The van der Waals surface area contributed by atoms with Gasteiger partial charge >= 0.3 is 0 Å². The molecule has 10 heteroatoms. The fraction of sp³-hybridized carbons (Fsp3) is 0.273. The zero-order valence-corrected chi connectivity index (χ0v) is 18.6. The van der Waals surface area contributed by atoms with Crippen molar-refractivity contribution < 1.29 is 19.1 Å². The van der Waals surface area contributed by atoms with Gasteiger partial charge in [-0.1, -0.05) is 6.07 Å². The van der Waals surface area contributed by atoms with Gasteiger partial charge < -0.3 is 19.8 Å². The Morgan fingerprint density at radius 3 is 2.62 bits per heavy atom. The number of rotatable bonds is 10. The van der Waals surface area contributed by atoms with Crippen molar-refractivity contribution in [2.45, 2.75) is 19.3 Å². The van der Waals surface area contributed by atoms with Gasteiger partial charge in [0, 0.05) is 30.6 Å². The van der Waals surface area contributed by atoms with Crippen LogP contribution in [0.2, 0.25) is 0 Å². The van der Waals surface area contributed by atoms with Crippen molar-refractivity contribution in [3.05, 3.63) is 69.1 Å². The first kappa shape index (κ1) is 23.0. The van der Waals surface area contributed by atoms with E-state index in [9.17, 15) is 14.4 Å². The molecule has 0 radical (unpaired) electrons. The highest BCUT2D eigenvalue weighted by molar-refractivity contribution is 7.14. The predicted octanol–water partition coefficient (Wildman–Crippen LogP) is 2.39. The number of pyridine rings is 1. The van der Waals surface area contributed by atoms with Crippen LogP contribution in [0.15, 0.2) is 46.7 Å². The van der Waals surface area contributed by atoms with Crippen molar-refractivity contribution in [3.8, 4) is 11.5 Å². The molecule has 3 aromatic rings. The van der Waals surface area contributed by atoms with Gasteiger partial charge in [-0.2, -0.15) is 0 Å². The summed E-state index contributed by atoms with van der Waals surface area (Å²) in [6, 6.07) is 8.39. The molecule has 0 aliphatic carbocycles. The van der Waals surface area contributed by atoms with E-state index in [1.165, 1.54) is 29.7 Å². The van der Waals surface area contributed by atoms with Gasteiger partial charge in [0.2, 0.25) is 11.5 Å². The SMILES string of the molecule is COc1ccc(CCNC(=O)CCc2csc(NC(=O)c3ccc(=O)[nH]c3)n2)cc1OC. The smallest absolute Gasteiger partial charge is 0.258 e. The summed E-state index contributed by atoms with van der Waals surface area (Å²) >= 11 is 1.28. The van der Waals surface area contributed by atoms with Crippen LogP contribution >= 0.6 is 11.3 Å². The molecule has 0 atom stereocenters. The van der Waals surface area contributed by atoms with Crippen molar-refractivity contribution in [2.75, 3.05) is 26.1 Å². The number of amides is 2. The van der Waals surface area contributed by atoms with Gasteiger partial charge in [0.15, 0.2) is 16.6 Å². The van der Waals surface area contributed by atoms with Crippen LogP contribution in [0, 0.1) is 0 Å². The number of carbonyl (C=O) groups excluding carboxylic acids is 2. The van der Waals surface area contributed by atoms with E-state index in [2.05, 4.69) is 20.6 Å². The lowest BCUT2D eigenvalue weighted by Gasteiger charge is -2.10. The Balaban J connectivity index is 1.41. The van der Waals surface area contributed by atoms with Gasteiger partial charge in [-0.3, -0.25) is 19.7 Å². The summed E-state index contributed by atoms with van der Waals surface area (Å²) in [5.74, 6) is 0.883. The van der Waals surface area contributed by atoms with Crippen molar-refractivity contribution >= 4 is 28.3 Å². The van der Waals surface area contributed by atoms with Crippen LogP contribution < -0.4 is 25.7 Å². The summed E-state index contributed by atoms with van der Waals surface area (Å²) < 4.78 is 10.5. The van der Waals surface area contributed by atoms with Gasteiger partial charge in [-0.05, 0) is 36.6 Å². The molecule has 3 rings (SSSR count). The fourth-order valence-electron chi connectivity index (χ4n) is 2.91. The molecule has 0 aliphatic heterocycles. The number of carbonyl (C=O) groups is 2. The Bertz CT molecular complexity index is 1120. The van der Waals surface area contributed by atoms with E-state index in [0.29, 0.717) is 48.0 Å². The summed E-state index contributed by atoms with van der Waals surface area (Å²) in [4.78, 5) is 42.2. The zero-order valence-electron chi connectivity index (χ0n) is 17.8. The second-order valence-electron chi connectivity index (χ2n) is 6.83. The second kappa shape index (κ2) is 11.1. The first-order valence-electron chi connectivity index (χ1n) is 9.90. The molecule has 2 heterocycles. The van der Waals surface area contributed by atoms with E-state index < -0.39 is 0 Å². The van der Waals surface area contributed by atoms with Crippen LogP contribution in [-0.4, -0.2) is 42.5 Å². The number of methoxy groups -OCH3 is 2. The molecular weight excluding hydrogens is 432 g/mol. The molecule has 3 N–H and O–H groups in total. The summed E-state index contributed by atoms with van der Waals surface area (Å²) in [6.45, 7) is 0.506. The van der Waals surface area contributed by atoms with E-state index in [1.807, 2.05) is 18.2 Å². The van der Waals surface area contributed by atoms with Gasteiger partial charge in [-0.15, -0.1) is 11.3 Å². The van der Waals surface area contributed by atoms with E-state index in [4.69, 9.17) is 9.47 Å². The second-order valence-corrected chi connectivity index (χ2v) is 7.69. The first-order valence-corrected chi connectivity index (χ1v) is 10.8. The Kier molecular flexibility index (Phi) is 7.98. The van der Waals surface area contributed by atoms with Gasteiger partial charge in [0.05, 0.1) is 25.5 Å². The fourth-order valence-corrected chi connectivity index (χ4v) is 3.65. The highest BCUT2D eigenvalue weighted by Crippen LogP contribution is 2.27. The minimum atomic E-state index is -0.366. The van der Waals surface area contributed by atoms with Gasteiger partial charge in [0.1, 0.15) is 0 Å². The number of aromatic amines is 1. The maximum Gasteiger partial charge on any atom is 0.258 e. The molecule has 2 amide bonds. The average molecular weight is 457 g/mol. The number of thiazole rings is 1. The molecule has 0 aliphatic rings. The Morgan fingerprint density at radius 1 is 1.09 bits per heavy atom. The molecule has 0 unspecified atom stereocenters. The highest BCUT2D eigenvalue weighted by Gasteiger charge is 2.11. The van der Waals surface area contributed by atoms with Gasteiger partial charge in [0.25, 0.3) is 5.91 Å². The number of anilines is 1. The van der Waals surface area contributed by atoms with E-state index in [0.717, 1.165) is 11.3 Å². The predicted molar refractivity (Wildman–Crippen MR) is 122 cm³/mol. The van der Waals surface area contributed by atoms with Crippen molar-refractivity contribution in [2.24, 2.45) is 0 Å². The maximum absolute atomic E-state index is 12.2. The number of ether oxygens (including phenoxy) is 2. The number of benzene rings is 1. The molecular formula is C22H24N4O5S. The molecule has 0 spiro atoms. The molecule has 168 valence electrons. The Labute approximate surface area is 188 Å². The number of H-pyrrole nitrogens is 1. The van der Waals surface area contributed by atoms with Crippen LogP contribution in [0.1, 0.15) is 28.0 Å². The monoisotopic (exact) mass is 456 g/mol. The molecule has 0 saturated carbocycles. The van der Waals surface area contributed by atoms with E-state index >= 15 is 0 Å². The summed E-state index contributed by atoms with van der Waals surface area (Å²) in [7, 11) is 3.17. The third-order valence-corrected chi connectivity index (χ3v) is 5.42. The van der Waals surface area contributed by atoms with Crippen LogP contribution in [-0.2, 0) is 17.6 Å². The Morgan fingerprint density at radius 2 is 1.91 bits per heavy atom. The van der Waals surface area contributed by atoms with Crippen LogP contribution in [0.25, 0.3) is 0 Å². The Hall–Kier alpha value is -3.66. The average Bonchev–Trinajstić information content (AvgIpc) is 3.25. The number of hydrogen-bond acceptors (Lipinski definition) is 7. The summed E-state index contributed by atoms with van der Waals surface area (Å²) in [5.41, 5.74) is 1.81. The van der Waals surface area contributed by atoms with E-state index in [1.54, 1.807) is 19.6 Å². The lowest BCUT2D eigenvalue weighted by molar-refractivity contribution is -0.121. The minimum Gasteiger partial charge on any atom is -0.493 e. The highest BCUT2D eigenvalue weighted by atomic mass is 32.1. The van der Waals surface area contributed by atoms with Crippen molar-refractivity contribution in [1.82, 2.24) is 15.3 Å². The largest absolute Gasteiger partial charge is 0.493 e. The van der Waals surface area contributed by atoms with E-state index in [-0.39, 0.29) is 17.4 Å².